The van der Waals surface area contributed by atoms with E-state index in [1.807, 2.05) is 57.1 Å². The van der Waals surface area contributed by atoms with E-state index in [9.17, 15) is 9.59 Å². The summed E-state index contributed by atoms with van der Waals surface area (Å²) in [5.74, 6) is -0.153. The summed E-state index contributed by atoms with van der Waals surface area (Å²) in [5.41, 5.74) is 1.72. The van der Waals surface area contributed by atoms with Gasteiger partial charge >= 0.3 is 6.09 Å². The highest BCUT2D eigenvalue weighted by atomic mass is 35.5. The summed E-state index contributed by atoms with van der Waals surface area (Å²) in [5, 5.41) is 4.08. The normalized spacial score (nSPS) is 19.9. The molecule has 1 aromatic carbocycles. The molecule has 1 aliphatic rings. The zero-order valence-electron chi connectivity index (χ0n) is 17.2. The fraction of sp³-hybridized carbons (Fsp3) is 0.450. The summed E-state index contributed by atoms with van der Waals surface area (Å²) >= 11 is 1.42. The molecule has 1 saturated heterocycles. The Bertz CT molecular complexity index is 928. The number of ether oxygens (including phenoxy) is 1. The number of rotatable bonds is 5. The first kappa shape index (κ1) is 23.3. The molecule has 29 heavy (non-hydrogen) atoms. The number of carbonyl (C=O) groups is 2. The molecule has 1 aliphatic heterocycles. The van der Waals surface area contributed by atoms with Crippen molar-refractivity contribution in [2.45, 2.75) is 31.1 Å². The molecule has 3 rings (SSSR count). The van der Waals surface area contributed by atoms with E-state index in [2.05, 4.69) is 10.3 Å². The summed E-state index contributed by atoms with van der Waals surface area (Å²) in [6, 6.07) is 7.69. The molecule has 3 unspecified atom stereocenters. The van der Waals surface area contributed by atoms with Crippen LogP contribution in [0.1, 0.15) is 25.3 Å². The molecular weight excluding hydrogens is 412 g/mol. The molecule has 0 radical (unpaired) electrons. The standard InChI is InChI=1S/C20H26N4O3S.ClH/c1-12(10-23(4)5)27-20(26)24-11-15(14-8-6-7-9-16(14)24)13(2)17-18(25)22-19(21-3)28-17;/h6-9,11-13,17H,10H2,1-5H3,(H,21,22,25);1H. The number of fused-ring (bicyclic) bond motifs is 1. The van der Waals surface area contributed by atoms with Gasteiger partial charge in [-0.1, -0.05) is 36.9 Å². The van der Waals surface area contributed by atoms with E-state index in [1.54, 1.807) is 17.8 Å². The Morgan fingerprint density at radius 1 is 1.34 bits per heavy atom. The lowest BCUT2D eigenvalue weighted by molar-refractivity contribution is -0.119. The number of carbonyl (C=O) groups excluding carboxylic acids is 2. The third kappa shape index (κ3) is 4.94. The van der Waals surface area contributed by atoms with Gasteiger partial charge in [-0.05, 0) is 32.6 Å². The number of para-hydroxylation sites is 1. The van der Waals surface area contributed by atoms with Crippen LogP contribution in [0, 0.1) is 0 Å². The van der Waals surface area contributed by atoms with Crippen molar-refractivity contribution in [3.63, 3.8) is 0 Å². The lowest BCUT2D eigenvalue weighted by Crippen LogP contribution is -2.29. The Labute approximate surface area is 181 Å². The second-order valence-corrected chi connectivity index (χ2v) is 8.40. The first-order chi connectivity index (χ1) is 13.3. The molecule has 2 heterocycles. The van der Waals surface area contributed by atoms with Crippen molar-refractivity contribution in [1.29, 1.82) is 0 Å². The lowest BCUT2D eigenvalue weighted by atomic mass is 9.96. The topological polar surface area (TPSA) is 75.9 Å². The van der Waals surface area contributed by atoms with Gasteiger partial charge < -0.3 is 15.0 Å². The van der Waals surface area contributed by atoms with Gasteiger partial charge in [0, 0.05) is 31.1 Å². The summed E-state index contributed by atoms with van der Waals surface area (Å²) in [4.78, 5) is 31.2. The highest BCUT2D eigenvalue weighted by molar-refractivity contribution is 8.15. The average molecular weight is 439 g/mol. The van der Waals surface area contributed by atoms with Crippen LogP contribution in [-0.4, -0.2) is 65.7 Å². The molecule has 1 amide bonds. The maximum Gasteiger partial charge on any atom is 0.418 e. The summed E-state index contributed by atoms with van der Waals surface area (Å²) in [6.07, 6.45) is 1.15. The Balaban J connectivity index is 0.00000300. The van der Waals surface area contributed by atoms with Crippen LogP contribution in [-0.2, 0) is 9.53 Å². The minimum absolute atomic E-state index is 0. The fourth-order valence-electron chi connectivity index (χ4n) is 3.48. The van der Waals surface area contributed by atoms with Gasteiger partial charge in [-0.25, -0.2) is 4.79 Å². The highest BCUT2D eigenvalue weighted by Gasteiger charge is 2.36. The van der Waals surface area contributed by atoms with Gasteiger partial charge in [0.25, 0.3) is 0 Å². The molecule has 3 atom stereocenters. The van der Waals surface area contributed by atoms with Gasteiger partial charge in [-0.15, -0.1) is 12.4 Å². The third-order valence-electron chi connectivity index (χ3n) is 4.74. The monoisotopic (exact) mass is 438 g/mol. The second kappa shape index (κ2) is 9.65. The zero-order valence-corrected chi connectivity index (χ0v) is 18.8. The molecule has 2 aromatic rings. The van der Waals surface area contributed by atoms with Gasteiger partial charge in [0.15, 0.2) is 5.17 Å². The van der Waals surface area contributed by atoms with Crippen LogP contribution in [0.4, 0.5) is 4.79 Å². The molecule has 0 aliphatic carbocycles. The minimum Gasteiger partial charge on any atom is -0.445 e. The number of nitrogens with one attached hydrogen (secondary N) is 1. The molecule has 0 bridgehead atoms. The number of amides is 1. The van der Waals surface area contributed by atoms with E-state index in [4.69, 9.17) is 4.74 Å². The first-order valence-electron chi connectivity index (χ1n) is 9.21. The van der Waals surface area contributed by atoms with Gasteiger partial charge in [-0.3, -0.25) is 14.4 Å². The van der Waals surface area contributed by atoms with Crippen LogP contribution >= 0.6 is 24.2 Å². The number of likely N-dealkylation sites (N-methyl/N-ethyl adjacent to an activating group) is 1. The molecule has 0 spiro atoms. The molecule has 0 saturated carbocycles. The molecule has 158 valence electrons. The number of halogens is 1. The number of aromatic nitrogens is 1. The smallest absolute Gasteiger partial charge is 0.418 e. The largest absolute Gasteiger partial charge is 0.445 e. The lowest BCUT2D eigenvalue weighted by Gasteiger charge is -2.18. The van der Waals surface area contributed by atoms with Gasteiger partial charge in [0.05, 0.1) is 10.8 Å². The highest BCUT2D eigenvalue weighted by Crippen LogP contribution is 2.37. The molecule has 1 fully saturated rings. The van der Waals surface area contributed by atoms with E-state index in [0.717, 1.165) is 16.5 Å². The van der Waals surface area contributed by atoms with E-state index in [1.165, 1.54) is 11.8 Å². The van der Waals surface area contributed by atoms with Crippen molar-refractivity contribution in [3.8, 4) is 0 Å². The molecule has 1 aromatic heterocycles. The van der Waals surface area contributed by atoms with Crippen LogP contribution < -0.4 is 5.32 Å². The number of amidine groups is 1. The van der Waals surface area contributed by atoms with E-state index >= 15 is 0 Å². The van der Waals surface area contributed by atoms with Crippen LogP contribution in [0.25, 0.3) is 10.9 Å². The van der Waals surface area contributed by atoms with Gasteiger partial charge in [0.1, 0.15) is 6.10 Å². The fourth-order valence-corrected chi connectivity index (χ4v) is 4.50. The maximum atomic E-state index is 12.8. The zero-order chi connectivity index (χ0) is 20.4. The number of benzene rings is 1. The Hall–Kier alpha value is -2.03. The van der Waals surface area contributed by atoms with Crippen molar-refractivity contribution in [2.75, 3.05) is 27.7 Å². The van der Waals surface area contributed by atoms with Crippen LogP contribution in [0.15, 0.2) is 35.5 Å². The number of nitrogens with zero attached hydrogens (tertiary/aromatic N) is 3. The first-order valence-corrected chi connectivity index (χ1v) is 10.1. The SMILES string of the molecule is CN=C1NC(=O)C(C(C)c2cn(C(=O)OC(C)CN(C)C)c3ccccc23)S1.Cl. The molecule has 1 N–H and O–H groups in total. The van der Waals surface area contributed by atoms with Crippen molar-refractivity contribution >= 4 is 52.2 Å². The van der Waals surface area contributed by atoms with E-state index < -0.39 is 6.09 Å². The predicted octanol–water partition coefficient (Wildman–Crippen LogP) is 3.32. The minimum atomic E-state index is -0.414. The maximum absolute atomic E-state index is 12.8. The summed E-state index contributed by atoms with van der Waals surface area (Å²) in [7, 11) is 5.53. The van der Waals surface area contributed by atoms with Gasteiger partial charge in [-0.2, -0.15) is 0 Å². The summed E-state index contributed by atoms with van der Waals surface area (Å²) < 4.78 is 7.15. The predicted molar refractivity (Wildman–Crippen MR) is 120 cm³/mol. The Morgan fingerprint density at radius 3 is 2.66 bits per heavy atom. The second-order valence-electron chi connectivity index (χ2n) is 7.27. The van der Waals surface area contributed by atoms with Crippen molar-refractivity contribution in [3.05, 3.63) is 36.0 Å². The Kier molecular flexibility index (Phi) is 7.73. The third-order valence-corrected chi connectivity index (χ3v) is 6.12. The average Bonchev–Trinajstić information content (AvgIpc) is 3.21. The van der Waals surface area contributed by atoms with E-state index in [-0.39, 0.29) is 35.6 Å². The summed E-state index contributed by atoms with van der Waals surface area (Å²) in [6.45, 7) is 4.52. The molecular formula is C20H27ClN4O3S. The molecule has 9 heteroatoms. The molecule has 7 nitrogen and oxygen atoms in total. The number of hydrogen-bond donors (Lipinski definition) is 1. The van der Waals surface area contributed by atoms with E-state index in [0.29, 0.717) is 11.7 Å². The Morgan fingerprint density at radius 2 is 2.03 bits per heavy atom. The quantitative estimate of drug-likeness (QED) is 0.774. The van der Waals surface area contributed by atoms with Crippen molar-refractivity contribution < 1.29 is 14.3 Å². The van der Waals surface area contributed by atoms with Crippen LogP contribution in [0.5, 0.6) is 0 Å². The van der Waals surface area contributed by atoms with Gasteiger partial charge in [0.2, 0.25) is 5.91 Å². The van der Waals surface area contributed by atoms with Crippen LogP contribution in [0.3, 0.4) is 0 Å². The van der Waals surface area contributed by atoms with Crippen LogP contribution in [0.2, 0.25) is 0 Å². The number of aliphatic imine (C=N–C) groups is 1. The number of hydrogen-bond acceptors (Lipinski definition) is 6. The van der Waals surface area contributed by atoms with Crippen molar-refractivity contribution in [2.24, 2.45) is 4.99 Å². The number of thioether (sulfide) groups is 1. The van der Waals surface area contributed by atoms with Crippen molar-refractivity contribution in [1.82, 2.24) is 14.8 Å².